The largest absolute Gasteiger partial charge is 0.312 e. The molecular formula is C15H14F2N2. The average molecular weight is 260 g/mol. The Bertz CT molecular complexity index is 618. The zero-order chi connectivity index (χ0) is 13.4. The number of nitrogens with one attached hydrogen (secondary N) is 1. The summed E-state index contributed by atoms with van der Waals surface area (Å²) in [6.07, 6.45) is 0.849. The highest BCUT2D eigenvalue weighted by Gasteiger charge is 2.15. The van der Waals surface area contributed by atoms with Crippen molar-refractivity contribution in [2.24, 2.45) is 0 Å². The SMILES string of the molecule is Cc1cc(-c2cc(F)cc(F)c2)nc2c1CNCC2. The van der Waals surface area contributed by atoms with Gasteiger partial charge in [-0.3, -0.25) is 4.98 Å². The molecule has 1 N–H and O–H groups in total. The maximum atomic E-state index is 13.3. The van der Waals surface area contributed by atoms with Crippen LogP contribution in [0.2, 0.25) is 0 Å². The van der Waals surface area contributed by atoms with Crippen LogP contribution in [0.4, 0.5) is 8.78 Å². The zero-order valence-corrected chi connectivity index (χ0v) is 10.6. The molecule has 0 aliphatic carbocycles. The summed E-state index contributed by atoms with van der Waals surface area (Å²) in [5, 5.41) is 3.30. The van der Waals surface area contributed by atoms with Crippen molar-refractivity contribution in [3.05, 3.63) is 52.7 Å². The van der Waals surface area contributed by atoms with Gasteiger partial charge in [-0.1, -0.05) is 0 Å². The Morgan fingerprint density at radius 2 is 1.84 bits per heavy atom. The Labute approximate surface area is 110 Å². The lowest BCUT2D eigenvalue weighted by Gasteiger charge is -2.19. The summed E-state index contributed by atoms with van der Waals surface area (Å²) >= 11 is 0. The molecule has 1 aliphatic rings. The number of hydrogen-bond acceptors (Lipinski definition) is 2. The molecule has 19 heavy (non-hydrogen) atoms. The Kier molecular flexibility index (Phi) is 3.03. The van der Waals surface area contributed by atoms with Gasteiger partial charge in [-0.2, -0.15) is 0 Å². The van der Waals surface area contributed by atoms with Crippen molar-refractivity contribution in [2.75, 3.05) is 6.54 Å². The topological polar surface area (TPSA) is 24.9 Å². The van der Waals surface area contributed by atoms with Crippen LogP contribution in [-0.2, 0) is 13.0 Å². The lowest BCUT2D eigenvalue weighted by molar-refractivity contribution is 0.584. The molecule has 1 aromatic heterocycles. The number of aromatic nitrogens is 1. The summed E-state index contributed by atoms with van der Waals surface area (Å²) in [6, 6.07) is 5.40. The third-order valence-corrected chi connectivity index (χ3v) is 3.43. The normalized spacial score (nSPS) is 14.3. The molecule has 0 saturated carbocycles. The highest BCUT2D eigenvalue weighted by atomic mass is 19.1. The monoisotopic (exact) mass is 260 g/mol. The number of benzene rings is 1. The molecular weight excluding hydrogens is 246 g/mol. The van der Waals surface area contributed by atoms with Crippen LogP contribution in [0.5, 0.6) is 0 Å². The Morgan fingerprint density at radius 1 is 1.11 bits per heavy atom. The molecule has 1 aromatic carbocycles. The van der Waals surface area contributed by atoms with Gasteiger partial charge < -0.3 is 5.32 Å². The van der Waals surface area contributed by atoms with Crippen molar-refractivity contribution in [3.8, 4) is 11.3 Å². The molecule has 0 unspecified atom stereocenters. The molecule has 2 heterocycles. The first-order valence-electron chi connectivity index (χ1n) is 6.30. The van der Waals surface area contributed by atoms with Gasteiger partial charge in [-0.05, 0) is 36.2 Å². The predicted octanol–water partition coefficient (Wildman–Crippen LogP) is 2.98. The fraction of sp³-hybridized carbons (Fsp3) is 0.267. The smallest absolute Gasteiger partial charge is 0.126 e. The summed E-state index contributed by atoms with van der Waals surface area (Å²) in [5.74, 6) is -1.15. The fourth-order valence-electron chi connectivity index (χ4n) is 2.48. The Hall–Kier alpha value is -1.81. The van der Waals surface area contributed by atoms with Gasteiger partial charge in [0.2, 0.25) is 0 Å². The van der Waals surface area contributed by atoms with E-state index < -0.39 is 11.6 Å². The Morgan fingerprint density at radius 3 is 2.58 bits per heavy atom. The first-order valence-corrected chi connectivity index (χ1v) is 6.30. The summed E-state index contributed by atoms with van der Waals surface area (Å²) in [7, 11) is 0. The molecule has 0 fully saturated rings. The second-order valence-corrected chi connectivity index (χ2v) is 4.83. The highest BCUT2D eigenvalue weighted by Crippen LogP contribution is 2.25. The molecule has 0 radical (unpaired) electrons. The van der Waals surface area contributed by atoms with E-state index in [1.807, 2.05) is 13.0 Å². The average Bonchev–Trinajstić information content (AvgIpc) is 2.37. The van der Waals surface area contributed by atoms with E-state index in [1.54, 1.807) is 0 Å². The highest BCUT2D eigenvalue weighted by molar-refractivity contribution is 5.61. The summed E-state index contributed by atoms with van der Waals surface area (Å²) in [6.45, 7) is 3.71. The molecule has 0 amide bonds. The molecule has 1 aliphatic heterocycles. The minimum Gasteiger partial charge on any atom is -0.312 e. The van der Waals surface area contributed by atoms with Crippen LogP contribution in [-0.4, -0.2) is 11.5 Å². The van der Waals surface area contributed by atoms with E-state index in [0.717, 1.165) is 36.8 Å². The van der Waals surface area contributed by atoms with Gasteiger partial charge in [0.05, 0.1) is 5.69 Å². The van der Waals surface area contributed by atoms with Gasteiger partial charge in [0.15, 0.2) is 0 Å². The lowest BCUT2D eigenvalue weighted by atomic mass is 9.99. The molecule has 4 heteroatoms. The van der Waals surface area contributed by atoms with Crippen LogP contribution in [0.1, 0.15) is 16.8 Å². The predicted molar refractivity (Wildman–Crippen MR) is 69.7 cm³/mol. The maximum absolute atomic E-state index is 13.3. The van der Waals surface area contributed by atoms with Crippen molar-refractivity contribution in [2.45, 2.75) is 19.9 Å². The Balaban J connectivity index is 2.12. The second-order valence-electron chi connectivity index (χ2n) is 4.83. The maximum Gasteiger partial charge on any atom is 0.126 e. The molecule has 98 valence electrons. The minimum absolute atomic E-state index is 0.488. The van der Waals surface area contributed by atoms with E-state index in [1.165, 1.54) is 17.7 Å². The van der Waals surface area contributed by atoms with Crippen molar-refractivity contribution in [1.29, 1.82) is 0 Å². The van der Waals surface area contributed by atoms with E-state index in [0.29, 0.717) is 11.3 Å². The molecule has 0 spiro atoms. The van der Waals surface area contributed by atoms with E-state index in [-0.39, 0.29) is 0 Å². The van der Waals surface area contributed by atoms with Gasteiger partial charge in [0.1, 0.15) is 11.6 Å². The number of hydrogen-bond donors (Lipinski definition) is 1. The third kappa shape index (κ3) is 2.36. The van der Waals surface area contributed by atoms with Crippen LogP contribution >= 0.6 is 0 Å². The molecule has 2 nitrogen and oxygen atoms in total. The van der Waals surface area contributed by atoms with Gasteiger partial charge in [-0.15, -0.1) is 0 Å². The quantitative estimate of drug-likeness (QED) is 0.852. The van der Waals surface area contributed by atoms with Gasteiger partial charge in [0.25, 0.3) is 0 Å². The second kappa shape index (κ2) is 4.70. The van der Waals surface area contributed by atoms with Crippen molar-refractivity contribution in [3.63, 3.8) is 0 Å². The van der Waals surface area contributed by atoms with E-state index >= 15 is 0 Å². The number of nitrogens with zero attached hydrogens (tertiary/aromatic N) is 1. The van der Waals surface area contributed by atoms with Gasteiger partial charge in [-0.25, -0.2) is 8.78 Å². The number of fused-ring (bicyclic) bond motifs is 1. The number of rotatable bonds is 1. The first kappa shape index (κ1) is 12.2. The van der Waals surface area contributed by atoms with E-state index in [4.69, 9.17) is 0 Å². The number of pyridine rings is 1. The van der Waals surface area contributed by atoms with Crippen molar-refractivity contribution in [1.82, 2.24) is 10.3 Å². The van der Waals surface area contributed by atoms with Crippen LogP contribution in [0.3, 0.4) is 0 Å². The van der Waals surface area contributed by atoms with Gasteiger partial charge in [0, 0.05) is 36.8 Å². The number of halogens is 2. The molecule has 0 saturated heterocycles. The minimum atomic E-state index is -0.575. The summed E-state index contributed by atoms with van der Waals surface area (Å²) < 4.78 is 26.6. The summed E-state index contributed by atoms with van der Waals surface area (Å²) in [4.78, 5) is 4.55. The first-order chi connectivity index (χ1) is 9.13. The lowest BCUT2D eigenvalue weighted by Crippen LogP contribution is -2.25. The molecule has 2 aromatic rings. The fourth-order valence-corrected chi connectivity index (χ4v) is 2.48. The number of aryl methyl sites for hydroxylation is 1. The van der Waals surface area contributed by atoms with Crippen LogP contribution in [0.25, 0.3) is 11.3 Å². The van der Waals surface area contributed by atoms with Crippen molar-refractivity contribution >= 4 is 0 Å². The third-order valence-electron chi connectivity index (χ3n) is 3.43. The molecule has 0 bridgehead atoms. The van der Waals surface area contributed by atoms with Gasteiger partial charge >= 0.3 is 0 Å². The van der Waals surface area contributed by atoms with E-state index in [2.05, 4.69) is 10.3 Å². The molecule has 0 atom stereocenters. The van der Waals surface area contributed by atoms with E-state index in [9.17, 15) is 8.78 Å². The van der Waals surface area contributed by atoms with Crippen LogP contribution in [0.15, 0.2) is 24.3 Å². The van der Waals surface area contributed by atoms with Crippen molar-refractivity contribution < 1.29 is 8.78 Å². The van der Waals surface area contributed by atoms with Crippen LogP contribution < -0.4 is 5.32 Å². The van der Waals surface area contributed by atoms with Crippen LogP contribution in [0, 0.1) is 18.6 Å². The summed E-state index contributed by atoms with van der Waals surface area (Å²) in [5.41, 5.74) is 4.46. The molecule has 3 rings (SSSR count). The zero-order valence-electron chi connectivity index (χ0n) is 10.6. The standard InChI is InChI=1S/C15H14F2N2/c1-9-4-15(10-5-11(16)7-12(17)6-10)19-14-2-3-18-8-13(9)14/h4-7,18H,2-3,8H2,1H3.